The Morgan fingerprint density at radius 3 is 2.73 bits per heavy atom. The predicted molar refractivity (Wildman–Crippen MR) is 59.7 cm³/mol. The van der Waals surface area contributed by atoms with Gasteiger partial charge in [0.15, 0.2) is 0 Å². The van der Waals surface area contributed by atoms with Gasteiger partial charge in [-0.2, -0.15) is 0 Å². The van der Waals surface area contributed by atoms with Crippen LogP contribution in [0.25, 0.3) is 0 Å². The highest BCUT2D eigenvalue weighted by molar-refractivity contribution is 5.81. The minimum atomic E-state index is -0.293. The summed E-state index contributed by atoms with van der Waals surface area (Å²) in [5, 5.41) is 3.25. The zero-order valence-corrected chi connectivity index (χ0v) is 9.79. The topological polar surface area (TPSA) is 47.6 Å². The molecule has 0 bridgehead atoms. The fourth-order valence-electron chi connectivity index (χ4n) is 1.10. The van der Waals surface area contributed by atoms with Crippen molar-refractivity contribution >= 4 is 5.97 Å². The average Bonchev–Trinajstić information content (AvgIpc) is 2.23. The van der Waals surface area contributed by atoms with Gasteiger partial charge in [-0.1, -0.05) is 13.0 Å². The van der Waals surface area contributed by atoms with Gasteiger partial charge in [0.05, 0.1) is 13.2 Å². The molecule has 88 valence electrons. The van der Waals surface area contributed by atoms with Crippen LogP contribution in [0, 0.1) is 0 Å². The molecule has 0 aliphatic rings. The number of hydrogen-bond donors (Lipinski definition) is 1. The van der Waals surface area contributed by atoms with Crippen LogP contribution in [0.5, 0.6) is 0 Å². The molecular formula is C11H21NO3. The standard InChI is InChI=1S/C11H21NO3/c1-4-10(9-14-3)12-8-6-7-11(13)15-5-2/h6-7,10,12H,4-5,8-9H2,1-3H3/b7-6+. The van der Waals surface area contributed by atoms with Crippen molar-refractivity contribution in [3.05, 3.63) is 12.2 Å². The summed E-state index contributed by atoms with van der Waals surface area (Å²) < 4.78 is 9.78. The molecule has 0 fully saturated rings. The van der Waals surface area contributed by atoms with Gasteiger partial charge in [0.25, 0.3) is 0 Å². The van der Waals surface area contributed by atoms with E-state index in [1.807, 2.05) is 0 Å². The highest BCUT2D eigenvalue weighted by Crippen LogP contribution is 1.90. The molecule has 0 heterocycles. The van der Waals surface area contributed by atoms with Gasteiger partial charge in [-0.05, 0) is 13.3 Å². The molecule has 0 aliphatic heterocycles. The summed E-state index contributed by atoms with van der Waals surface area (Å²) in [6.45, 7) is 5.63. The van der Waals surface area contributed by atoms with E-state index in [4.69, 9.17) is 9.47 Å². The normalized spacial score (nSPS) is 13.0. The molecule has 1 N–H and O–H groups in total. The number of hydrogen-bond acceptors (Lipinski definition) is 4. The molecule has 0 rings (SSSR count). The van der Waals surface area contributed by atoms with Gasteiger partial charge < -0.3 is 14.8 Å². The van der Waals surface area contributed by atoms with Crippen molar-refractivity contribution in [1.29, 1.82) is 0 Å². The molecule has 15 heavy (non-hydrogen) atoms. The Kier molecular flexibility index (Phi) is 9.11. The Hall–Kier alpha value is -0.870. The summed E-state index contributed by atoms with van der Waals surface area (Å²) in [6, 6.07) is 0.335. The van der Waals surface area contributed by atoms with Crippen molar-refractivity contribution in [2.24, 2.45) is 0 Å². The number of carbonyl (C=O) groups is 1. The van der Waals surface area contributed by atoms with Gasteiger partial charge in [-0.3, -0.25) is 0 Å². The molecule has 1 atom stereocenters. The van der Waals surface area contributed by atoms with Crippen molar-refractivity contribution in [3.63, 3.8) is 0 Å². The van der Waals surface area contributed by atoms with Crippen molar-refractivity contribution in [1.82, 2.24) is 5.32 Å². The molecular weight excluding hydrogens is 194 g/mol. The van der Waals surface area contributed by atoms with E-state index in [0.717, 1.165) is 6.42 Å². The molecule has 0 aromatic heterocycles. The molecule has 4 heteroatoms. The lowest BCUT2D eigenvalue weighted by atomic mass is 10.2. The molecule has 1 unspecified atom stereocenters. The largest absolute Gasteiger partial charge is 0.463 e. The summed E-state index contributed by atoms with van der Waals surface area (Å²) in [5.74, 6) is -0.293. The Balaban J connectivity index is 3.62. The lowest BCUT2D eigenvalue weighted by Gasteiger charge is -2.13. The minimum absolute atomic E-state index is 0.293. The zero-order chi connectivity index (χ0) is 11.5. The van der Waals surface area contributed by atoms with Crippen molar-refractivity contribution in [2.45, 2.75) is 26.3 Å². The average molecular weight is 215 g/mol. The molecule has 0 amide bonds. The fraction of sp³-hybridized carbons (Fsp3) is 0.727. The third-order valence-electron chi connectivity index (χ3n) is 1.93. The Morgan fingerprint density at radius 1 is 1.47 bits per heavy atom. The number of ether oxygens (including phenoxy) is 2. The van der Waals surface area contributed by atoms with Crippen LogP contribution in [0.1, 0.15) is 20.3 Å². The number of carbonyl (C=O) groups excluding carboxylic acids is 1. The smallest absolute Gasteiger partial charge is 0.330 e. The highest BCUT2D eigenvalue weighted by atomic mass is 16.5. The fourth-order valence-corrected chi connectivity index (χ4v) is 1.10. The Bertz CT molecular complexity index is 192. The summed E-state index contributed by atoms with van der Waals surface area (Å²) in [6.07, 6.45) is 4.20. The van der Waals surface area contributed by atoms with Crippen molar-refractivity contribution in [2.75, 3.05) is 26.9 Å². The van der Waals surface area contributed by atoms with E-state index in [9.17, 15) is 4.79 Å². The number of methoxy groups -OCH3 is 1. The van der Waals surface area contributed by atoms with Crippen LogP contribution in [-0.2, 0) is 14.3 Å². The van der Waals surface area contributed by atoms with Crippen LogP contribution in [0.4, 0.5) is 0 Å². The molecule has 0 saturated carbocycles. The van der Waals surface area contributed by atoms with Crippen LogP contribution in [0.15, 0.2) is 12.2 Å². The van der Waals surface area contributed by atoms with E-state index in [-0.39, 0.29) is 5.97 Å². The van der Waals surface area contributed by atoms with Gasteiger partial charge in [0, 0.05) is 25.8 Å². The van der Waals surface area contributed by atoms with Gasteiger partial charge in [-0.15, -0.1) is 0 Å². The summed E-state index contributed by atoms with van der Waals surface area (Å²) in [4.78, 5) is 10.9. The number of esters is 1. The molecule has 0 spiro atoms. The van der Waals surface area contributed by atoms with Gasteiger partial charge in [0.2, 0.25) is 0 Å². The second kappa shape index (κ2) is 9.68. The van der Waals surface area contributed by atoms with Crippen molar-refractivity contribution in [3.8, 4) is 0 Å². The first-order valence-corrected chi connectivity index (χ1v) is 5.30. The summed E-state index contributed by atoms with van der Waals surface area (Å²) in [7, 11) is 1.68. The molecule has 0 radical (unpaired) electrons. The van der Waals surface area contributed by atoms with Gasteiger partial charge >= 0.3 is 5.97 Å². The third-order valence-corrected chi connectivity index (χ3v) is 1.93. The third kappa shape index (κ3) is 8.15. The summed E-state index contributed by atoms with van der Waals surface area (Å²) >= 11 is 0. The maximum atomic E-state index is 10.9. The van der Waals surface area contributed by atoms with Crippen LogP contribution in [0.3, 0.4) is 0 Å². The van der Waals surface area contributed by atoms with Gasteiger partial charge in [-0.25, -0.2) is 4.79 Å². The van der Waals surface area contributed by atoms with E-state index >= 15 is 0 Å². The second-order valence-electron chi connectivity index (χ2n) is 3.12. The van der Waals surface area contributed by atoms with Crippen LogP contribution in [0.2, 0.25) is 0 Å². The summed E-state index contributed by atoms with van der Waals surface area (Å²) in [5.41, 5.74) is 0. The van der Waals surface area contributed by atoms with E-state index < -0.39 is 0 Å². The van der Waals surface area contributed by atoms with E-state index in [1.165, 1.54) is 6.08 Å². The number of nitrogens with one attached hydrogen (secondary N) is 1. The van der Waals surface area contributed by atoms with E-state index in [2.05, 4.69) is 12.2 Å². The zero-order valence-electron chi connectivity index (χ0n) is 9.79. The first-order chi connectivity index (χ1) is 7.24. The van der Waals surface area contributed by atoms with Gasteiger partial charge in [0.1, 0.15) is 0 Å². The number of rotatable bonds is 8. The van der Waals surface area contributed by atoms with E-state index in [1.54, 1.807) is 20.1 Å². The lowest BCUT2D eigenvalue weighted by Crippen LogP contribution is -2.32. The Morgan fingerprint density at radius 2 is 2.20 bits per heavy atom. The van der Waals surface area contributed by atoms with E-state index in [0.29, 0.717) is 25.8 Å². The SMILES string of the molecule is CCOC(=O)/C=C/CNC(CC)COC. The Labute approximate surface area is 91.6 Å². The molecule has 0 saturated heterocycles. The highest BCUT2D eigenvalue weighted by Gasteiger charge is 2.02. The first-order valence-electron chi connectivity index (χ1n) is 5.30. The van der Waals surface area contributed by atoms with Crippen LogP contribution in [-0.4, -0.2) is 38.9 Å². The molecule has 0 aromatic rings. The maximum Gasteiger partial charge on any atom is 0.330 e. The molecule has 0 aromatic carbocycles. The first kappa shape index (κ1) is 14.1. The predicted octanol–water partition coefficient (Wildman–Crippen LogP) is 1.12. The quantitative estimate of drug-likeness (QED) is 0.487. The monoisotopic (exact) mass is 215 g/mol. The lowest BCUT2D eigenvalue weighted by molar-refractivity contribution is -0.137. The van der Waals surface area contributed by atoms with Crippen molar-refractivity contribution < 1.29 is 14.3 Å². The van der Waals surface area contributed by atoms with Crippen LogP contribution >= 0.6 is 0 Å². The van der Waals surface area contributed by atoms with Crippen LogP contribution < -0.4 is 5.32 Å². The maximum absolute atomic E-state index is 10.9. The second-order valence-corrected chi connectivity index (χ2v) is 3.12. The molecule has 0 aliphatic carbocycles. The molecule has 4 nitrogen and oxygen atoms in total. The minimum Gasteiger partial charge on any atom is -0.463 e.